The van der Waals surface area contributed by atoms with Gasteiger partial charge in [-0.25, -0.2) is 0 Å². The number of hydrogen-bond donors (Lipinski definition) is 2. The molecule has 3 rings (SSSR count). The van der Waals surface area contributed by atoms with Gasteiger partial charge in [-0.2, -0.15) is 0 Å². The summed E-state index contributed by atoms with van der Waals surface area (Å²) < 4.78 is 0. The molecular weight excluding hydrogens is 298 g/mol. The Morgan fingerprint density at radius 1 is 1.17 bits per heavy atom. The number of H-pyrrole nitrogens is 1. The van der Waals surface area contributed by atoms with Crippen molar-refractivity contribution in [3.63, 3.8) is 0 Å². The van der Waals surface area contributed by atoms with Crippen molar-refractivity contribution in [2.24, 2.45) is 0 Å². The zero-order valence-electron chi connectivity index (χ0n) is 14.2. The lowest BCUT2D eigenvalue weighted by Crippen LogP contribution is -2.01. The van der Waals surface area contributed by atoms with E-state index in [2.05, 4.69) is 43.1 Å². The lowest BCUT2D eigenvalue weighted by Gasteiger charge is -2.06. The number of aliphatic carboxylic acids is 1. The van der Waals surface area contributed by atoms with Gasteiger partial charge in [-0.3, -0.25) is 4.79 Å². The van der Waals surface area contributed by atoms with Crippen molar-refractivity contribution in [2.75, 3.05) is 0 Å². The predicted molar refractivity (Wildman–Crippen MR) is 98.4 cm³/mol. The van der Waals surface area contributed by atoms with E-state index < -0.39 is 5.97 Å². The minimum absolute atomic E-state index is 0.0287. The molecule has 24 heavy (non-hydrogen) atoms. The van der Waals surface area contributed by atoms with Gasteiger partial charge < -0.3 is 10.1 Å². The number of nitrogens with one attached hydrogen (secondary N) is 1. The van der Waals surface area contributed by atoms with Gasteiger partial charge in [0.2, 0.25) is 0 Å². The summed E-state index contributed by atoms with van der Waals surface area (Å²) in [5, 5.41) is 10.4. The number of benzene rings is 2. The molecule has 0 unspecified atom stereocenters. The number of carbonyl (C=O) groups is 1. The first-order valence-corrected chi connectivity index (χ1v) is 8.51. The summed E-state index contributed by atoms with van der Waals surface area (Å²) in [5.41, 5.74) is 6.29. The fourth-order valence-corrected chi connectivity index (χ4v) is 3.25. The second kappa shape index (κ2) is 6.91. The van der Waals surface area contributed by atoms with E-state index >= 15 is 0 Å². The molecule has 2 aromatic carbocycles. The largest absolute Gasteiger partial charge is 0.481 e. The Hall–Kier alpha value is -2.55. The summed E-state index contributed by atoms with van der Waals surface area (Å²) in [7, 11) is 0. The van der Waals surface area contributed by atoms with E-state index in [1.54, 1.807) is 0 Å². The molecule has 0 fully saturated rings. The summed E-state index contributed by atoms with van der Waals surface area (Å²) >= 11 is 0. The van der Waals surface area contributed by atoms with E-state index in [0.29, 0.717) is 0 Å². The molecule has 0 saturated carbocycles. The molecule has 0 aliphatic heterocycles. The highest BCUT2D eigenvalue weighted by Crippen LogP contribution is 2.33. The summed E-state index contributed by atoms with van der Waals surface area (Å²) in [4.78, 5) is 14.9. The van der Waals surface area contributed by atoms with Crippen LogP contribution in [0.4, 0.5) is 0 Å². The Bertz CT molecular complexity index is 877. The normalized spacial score (nSPS) is 11.1. The van der Waals surface area contributed by atoms with Crippen molar-refractivity contribution in [1.29, 1.82) is 0 Å². The molecule has 0 amide bonds. The van der Waals surface area contributed by atoms with E-state index in [1.807, 2.05) is 18.2 Å². The minimum Gasteiger partial charge on any atom is -0.481 e. The highest BCUT2D eigenvalue weighted by molar-refractivity contribution is 5.94. The fraction of sp³-hybridized carbons (Fsp3) is 0.286. The quantitative estimate of drug-likeness (QED) is 0.662. The minimum atomic E-state index is -0.801. The number of aromatic nitrogens is 1. The van der Waals surface area contributed by atoms with Crippen LogP contribution in [0.3, 0.4) is 0 Å². The molecule has 2 N–H and O–H groups in total. The Morgan fingerprint density at radius 3 is 2.67 bits per heavy atom. The molecule has 0 atom stereocenters. The van der Waals surface area contributed by atoms with Gasteiger partial charge in [0.25, 0.3) is 0 Å². The summed E-state index contributed by atoms with van der Waals surface area (Å²) in [6.07, 6.45) is 3.36. The predicted octanol–water partition coefficient (Wildman–Crippen LogP) is 5.11. The summed E-state index contributed by atoms with van der Waals surface area (Å²) in [5.74, 6) is -0.801. The molecule has 124 valence electrons. The third kappa shape index (κ3) is 3.21. The van der Waals surface area contributed by atoms with Crippen LogP contribution in [0.2, 0.25) is 0 Å². The number of carboxylic acid groups (broad SMARTS) is 1. The van der Waals surface area contributed by atoms with Gasteiger partial charge in [-0.1, -0.05) is 43.7 Å². The maximum atomic E-state index is 11.4. The zero-order chi connectivity index (χ0) is 17.1. The first-order valence-electron chi connectivity index (χ1n) is 8.51. The molecule has 3 nitrogen and oxygen atoms in total. The smallest absolute Gasteiger partial charge is 0.307 e. The lowest BCUT2D eigenvalue weighted by molar-refractivity contribution is -0.136. The number of aryl methyl sites for hydroxylation is 2. The van der Waals surface area contributed by atoms with E-state index in [-0.39, 0.29) is 6.42 Å². The van der Waals surface area contributed by atoms with Crippen molar-refractivity contribution in [1.82, 2.24) is 4.98 Å². The Morgan fingerprint density at radius 2 is 1.96 bits per heavy atom. The van der Waals surface area contributed by atoms with Crippen LogP contribution in [-0.4, -0.2) is 16.1 Å². The monoisotopic (exact) mass is 321 g/mol. The fourth-order valence-electron chi connectivity index (χ4n) is 3.25. The van der Waals surface area contributed by atoms with Gasteiger partial charge >= 0.3 is 5.97 Å². The van der Waals surface area contributed by atoms with Gasteiger partial charge in [-0.05, 0) is 48.6 Å². The third-order valence-corrected chi connectivity index (χ3v) is 4.53. The number of fused-ring (bicyclic) bond motifs is 1. The highest BCUT2D eigenvalue weighted by Gasteiger charge is 2.17. The molecule has 0 spiro atoms. The second-order valence-electron chi connectivity index (χ2n) is 6.35. The summed E-state index contributed by atoms with van der Waals surface area (Å²) in [6, 6.07) is 14.5. The molecule has 0 aliphatic carbocycles. The van der Waals surface area contributed by atoms with Gasteiger partial charge in [0.1, 0.15) is 0 Å². The number of hydrogen-bond acceptors (Lipinski definition) is 1. The van der Waals surface area contributed by atoms with Crippen molar-refractivity contribution in [2.45, 2.75) is 39.5 Å². The van der Waals surface area contributed by atoms with Crippen LogP contribution >= 0.6 is 0 Å². The molecule has 3 heteroatoms. The van der Waals surface area contributed by atoms with E-state index in [4.69, 9.17) is 0 Å². The Labute approximate surface area is 142 Å². The zero-order valence-corrected chi connectivity index (χ0v) is 14.2. The average molecular weight is 321 g/mol. The number of unbranched alkanes of at least 4 members (excludes halogenated alkanes) is 1. The standard InChI is InChI=1S/C21H23NO2/c1-3-4-8-15-10-11-19-17(12-15)18(13-20(23)24)21(22-19)16-9-6-5-7-14(16)2/h5-7,9-12,22H,3-4,8,13H2,1-2H3,(H,23,24). The summed E-state index contributed by atoms with van der Waals surface area (Å²) in [6.45, 7) is 4.24. The maximum Gasteiger partial charge on any atom is 0.307 e. The lowest BCUT2D eigenvalue weighted by atomic mass is 9.98. The topological polar surface area (TPSA) is 53.1 Å². The van der Waals surface area contributed by atoms with Crippen LogP contribution in [-0.2, 0) is 17.6 Å². The first-order chi connectivity index (χ1) is 11.6. The molecule has 1 aromatic heterocycles. The van der Waals surface area contributed by atoms with Crippen LogP contribution in [0, 0.1) is 6.92 Å². The Balaban J connectivity index is 2.18. The second-order valence-corrected chi connectivity index (χ2v) is 6.35. The molecule has 0 radical (unpaired) electrons. The maximum absolute atomic E-state index is 11.4. The molecule has 3 aromatic rings. The van der Waals surface area contributed by atoms with E-state index in [9.17, 15) is 9.90 Å². The van der Waals surface area contributed by atoms with Crippen molar-refractivity contribution in [3.8, 4) is 11.3 Å². The number of aromatic amines is 1. The van der Waals surface area contributed by atoms with Crippen LogP contribution in [0.1, 0.15) is 36.5 Å². The van der Waals surface area contributed by atoms with Crippen LogP contribution in [0.5, 0.6) is 0 Å². The van der Waals surface area contributed by atoms with Gasteiger partial charge in [0, 0.05) is 16.5 Å². The van der Waals surface area contributed by atoms with E-state index in [0.717, 1.165) is 52.5 Å². The van der Waals surface area contributed by atoms with Gasteiger partial charge in [0.15, 0.2) is 0 Å². The molecule has 0 bridgehead atoms. The van der Waals surface area contributed by atoms with E-state index in [1.165, 1.54) is 5.56 Å². The van der Waals surface area contributed by atoms with Gasteiger partial charge in [-0.15, -0.1) is 0 Å². The highest BCUT2D eigenvalue weighted by atomic mass is 16.4. The number of rotatable bonds is 6. The molecule has 1 heterocycles. The van der Waals surface area contributed by atoms with Crippen molar-refractivity contribution < 1.29 is 9.90 Å². The Kier molecular flexibility index (Phi) is 4.70. The SMILES string of the molecule is CCCCc1ccc2[nH]c(-c3ccccc3C)c(CC(=O)O)c2c1. The van der Waals surface area contributed by atoms with Gasteiger partial charge in [0.05, 0.1) is 12.1 Å². The van der Waals surface area contributed by atoms with Crippen LogP contribution in [0.25, 0.3) is 22.2 Å². The number of carboxylic acids is 1. The van der Waals surface area contributed by atoms with Crippen molar-refractivity contribution in [3.05, 3.63) is 59.2 Å². The van der Waals surface area contributed by atoms with Crippen molar-refractivity contribution >= 4 is 16.9 Å². The molecule has 0 aliphatic rings. The van der Waals surface area contributed by atoms with Crippen LogP contribution in [0.15, 0.2) is 42.5 Å². The molecule has 0 saturated heterocycles. The average Bonchev–Trinajstić information content (AvgIpc) is 2.90. The first kappa shape index (κ1) is 16.3. The van der Waals surface area contributed by atoms with Crippen LogP contribution < -0.4 is 0 Å². The third-order valence-electron chi connectivity index (χ3n) is 4.53. The molecular formula is C21H23NO2.